The van der Waals surface area contributed by atoms with Crippen LogP contribution >= 0.6 is 0 Å². The Balaban J connectivity index is 1.49. The van der Waals surface area contributed by atoms with Crippen LogP contribution in [0.2, 0.25) is 0 Å². The van der Waals surface area contributed by atoms with Crippen molar-refractivity contribution >= 4 is 22.8 Å². The zero-order chi connectivity index (χ0) is 19.0. The Morgan fingerprint density at radius 3 is 2.78 bits per heavy atom. The van der Waals surface area contributed by atoms with Gasteiger partial charge in [-0.2, -0.15) is 0 Å². The van der Waals surface area contributed by atoms with E-state index in [1.807, 2.05) is 54.9 Å². The van der Waals surface area contributed by atoms with Gasteiger partial charge in [-0.25, -0.2) is 9.78 Å². The van der Waals surface area contributed by atoms with E-state index in [2.05, 4.69) is 10.3 Å². The number of nitrogens with one attached hydrogen (secondary N) is 1. The normalized spacial score (nSPS) is 14.0. The van der Waals surface area contributed by atoms with Gasteiger partial charge in [0.25, 0.3) is 0 Å². The zero-order valence-corrected chi connectivity index (χ0v) is 15.6. The van der Waals surface area contributed by atoms with Crippen LogP contribution in [0, 0.1) is 0 Å². The summed E-state index contributed by atoms with van der Waals surface area (Å²) in [4.78, 5) is 18.7. The van der Waals surface area contributed by atoms with Gasteiger partial charge in [-0.1, -0.05) is 6.07 Å². The molecule has 0 saturated heterocycles. The van der Waals surface area contributed by atoms with Gasteiger partial charge in [-0.05, 0) is 42.8 Å². The number of amides is 2. The molecule has 1 N–H and O–H groups in total. The molecule has 2 heterocycles. The number of urea groups is 1. The first-order valence-corrected chi connectivity index (χ1v) is 8.87. The molecule has 7 nitrogen and oxygen atoms in total. The van der Waals surface area contributed by atoms with Gasteiger partial charge in [0.15, 0.2) is 11.5 Å². The lowest BCUT2D eigenvalue weighted by Gasteiger charge is -2.27. The molecular weight excluding hydrogens is 344 g/mol. The maximum atomic E-state index is 12.7. The van der Waals surface area contributed by atoms with Crippen molar-refractivity contribution in [3.63, 3.8) is 0 Å². The van der Waals surface area contributed by atoms with Gasteiger partial charge in [0.1, 0.15) is 13.2 Å². The predicted octanol–water partition coefficient (Wildman–Crippen LogP) is 3.57. The minimum absolute atomic E-state index is 0.124. The van der Waals surface area contributed by atoms with E-state index in [1.54, 1.807) is 18.3 Å². The molecule has 1 atom stereocenters. The van der Waals surface area contributed by atoms with Crippen molar-refractivity contribution < 1.29 is 14.3 Å². The molecule has 0 bridgehead atoms. The second kappa shape index (κ2) is 6.83. The fourth-order valence-corrected chi connectivity index (χ4v) is 3.13. The number of hydrogen-bond donors (Lipinski definition) is 1. The highest BCUT2D eigenvalue weighted by Crippen LogP contribution is 2.33. The number of imidazole rings is 1. The van der Waals surface area contributed by atoms with E-state index in [4.69, 9.17) is 9.47 Å². The summed E-state index contributed by atoms with van der Waals surface area (Å²) >= 11 is 0. The predicted molar refractivity (Wildman–Crippen MR) is 103 cm³/mol. The van der Waals surface area contributed by atoms with Crippen molar-refractivity contribution in [3.8, 4) is 11.5 Å². The van der Waals surface area contributed by atoms with Gasteiger partial charge in [0.2, 0.25) is 0 Å². The summed E-state index contributed by atoms with van der Waals surface area (Å²) < 4.78 is 13.1. The fourth-order valence-electron chi connectivity index (χ4n) is 3.13. The van der Waals surface area contributed by atoms with Crippen molar-refractivity contribution in [1.82, 2.24) is 14.5 Å². The van der Waals surface area contributed by atoms with E-state index in [9.17, 15) is 4.79 Å². The van der Waals surface area contributed by atoms with Crippen molar-refractivity contribution in [2.24, 2.45) is 7.05 Å². The molecule has 1 aliphatic rings. The number of aryl methyl sites for hydroxylation is 1. The largest absolute Gasteiger partial charge is 0.486 e. The van der Waals surface area contributed by atoms with Gasteiger partial charge in [-0.3, -0.25) is 0 Å². The first-order chi connectivity index (χ1) is 13.0. The summed E-state index contributed by atoms with van der Waals surface area (Å²) in [5.74, 6) is 1.47. The molecular formula is C20H22N4O3. The molecule has 0 spiro atoms. The zero-order valence-electron chi connectivity index (χ0n) is 15.6. The van der Waals surface area contributed by atoms with Crippen LogP contribution in [-0.2, 0) is 7.05 Å². The summed E-state index contributed by atoms with van der Waals surface area (Å²) in [6.45, 7) is 3.08. The highest BCUT2D eigenvalue weighted by atomic mass is 16.6. The van der Waals surface area contributed by atoms with E-state index in [0.29, 0.717) is 13.2 Å². The second-order valence-corrected chi connectivity index (χ2v) is 6.68. The van der Waals surface area contributed by atoms with Crippen molar-refractivity contribution in [1.29, 1.82) is 0 Å². The van der Waals surface area contributed by atoms with Crippen molar-refractivity contribution in [2.45, 2.75) is 13.0 Å². The standard InChI is InChI=1S/C20H22N4O3/c1-13(14-4-7-18-19(10-14)27-9-8-26-18)24(3)20(25)22-15-5-6-16-17(11-15)23(2)12-21-16/h4-7,10-13H,8-9H2,1-3H3,(H,22,25)/t13-/m0/s1. The maximum Gasteiger partial charge on any atom is 0.322 e. The minimum Gasteiger partial charge on any atom is -0.486 e. The number of fused-ring (bicyclic) bond motifs is 2. The minimum atomic E-state index is -0.182. The molecule has 2 amide bonds. The van der Waals surface area contributed by atoms with Crippen LogP contribution in [0.3, 0.4) is 0 Å². The quantitative estimate of drug-likeness (QED) is 0.769. The van der Waals surface area contributed by atoms with Crippen LogP contribution < -0.4 is 14.8 Å². The number of benzene rings is 2. The van der Waals surface area contributed by atoms with Crippen LogP contribution in [0.5, 0.6) is 11.5 Å². The highest BCUT2D eigenvalue weighted by molar-refractivity contribution is 5.92. The van der Waals surface area contributed by atoms with E-state index in [0.717, 1.165) is 33.8 Å². The third-order valence-electron chi connectivity index (χ3n) is 4.93. The molecule has 0 fully saturated rings. The van der Waals surface area contributed by atoms with Crippen LogP contribution in [0.25, 0.3) is 11.0 Å². The smallest absolute Gasteiger partial charge is 0.322 e. The number of nitrogens with zero attached hydrogens (tertiary/aromatic N) is 3. The Labute approximate surface area is 157 Å². The van der Waals surface area contributed by atoms with Crippen molar-refractivity contribution in [2.75, 3.05) is 25.6 Å². The molecule has 3 aromatic rings. The third-order valence-corrected chi connectivity index (χ3v) is 4.93. The maximum absolute atomic E-state index is 12.7. The Morgan fingerprint density at radius 2 is 1.96 bits per heavy atom. The average Bonchev–Trinajstić information content (AvgIpc) is 3.06. The van der Waals surface area contributed by atoms with E-state index in [-0.39, 0.29) is 12.1 Å². The average molecular weight is 366 g/mol. The fraction of sp³-hybridized carbons (Fsp3) is 0.300. The monoisotopic (exact) mass is 366 g/mol. The number of carbonyl (C=O) groups is 1. The Morgan fingerprint density at radius 1 is 1.19 bits per heavy atom. The highest BCUT2D eigenvalue weighted by Gasteiger charge is 2.20. The summed E-state index contributed by atoms with van der Waals surface area (Å²) in [5.41, 5.74) is 3.58. The number of aromatic nitrogens is 2. The van der Waals surface area contributed by atoms with E-state index >= 15 is 0 Å². The number of rotatable bonds is 3. The van der Waals surface area contributed by atoms with E-state index < -0.39 is 0 Å². The molecule has 0 saturated carbocycles. The Kier molecular flexibility index (Phi) is 4.35. The molecule has 7 heteroatoms. The first kappa shape index (κ1) is 17.2. The topological polar surface area (TPSA) is 68.6 Å². The molecule has 2 aromatic carbocycles. The molecule has 1 aliphatic heterocycles. The van der Waals surface area contributed by atoms with Gasteiger partial charge in [-0.15, -0.1) is 0 Å². The van der Waals surface area contributed by atoms with E-state index in [1.165, 1.54) is 0 Å². The summed E-state index contributed by atoms with van der Waals surface area (Å²) in [7, 11) is 3.70. The van der Waals surface area contributed by atoms with Gasteiger partial charge < -0.3 is 24.3 Å². The number of ether oxygens (including phenoxy) is 2. The molecule has 4 rings (SSSR count). The van der Waals surface area contributed by atoms with Crippen LogP contribution in [0.15, 0.2) is 42.7 Å². The van der Waals surface area contributed by atoms with Gasteiger partial charge in [0, 0.05) is 19.8 Å². The molecule has 0 radical (unpaired) electrons. The summed E-state index contributed by atoms with van der Waals surface area (Å²) in [5, 5.41) is 2.95. The number of anilines is 1. The van der Waals surface area contributed by atoms with Crippen LogP contribution in [0.4, 0.5) is 10.5 Å². The Bertz CT molecular complexity index is 998. The summed E-state index contributed by atoms with van der Waals surface area (Å²) in [6, 6.07) is 11.2. The number of carbonyl (C=O) groups excluding carboxylic acids is 1. The number of hydrogen-bond acceptors (Lipinski definition) is 4. The molecule has 0 aliphatic carbocycles. The first-order valence-electron chi connectivity index (χ1n) is 8.87. The van der Waals surface area contributed by atoms with Gasteiger partial charge >= 0.3 is 6.03 Å². The SMILES string of the molecule is C[C@@H](c1ccc2c(c1)OCCO2)N(C)C(=O)Nc1ccc2ncn(C)c2c1. The second-order valence-electron chi connectivity index (χ2n) is 6.68. The lowest BCUT2D eigenvalue weighted by Crippen LogP contribution is -2.33. The lowest BCUT2D eigenvalue weighted by atomic mass is 10.1. The van der Waals surface area contributed by atoms with Gasteiger partial charge in [0.05, 0.1) is 23.4 Å². The van der Waals surface area contributed by atoms with Crippen LogP contribution in [0.1, 0.15) is 18.5 Å². The molecule has 140 valence electrons. The molecule has 1 aromatic heterocycles. The van der Waals surface area contributed by atoms with Crippen LogP contribution in [-0.4, -0.2) is 40.7 Å². The van der Waals surface area contributed by atoms with Crippen molar-refractivity contribution in [3.05, 3.63) is 48.3 Å². The molecule has 0 unspecified atom stereocenters. The third kappa shape index (κ3) is 3.28. The molecule has 27 heavy (non-hydrogen) atoms. The summed E-state index contributed by atoms with van der Waals surface area (Å²) in [6.07, 6.45) is 1.76. The lowest BCUT2D eigenvalue weighted by molar-refractivity contribution is 0.170. The Hall–Kier alpha value is -3.22.